The molecule has 2 saturated carbocycles. The molecular formula is C31H37NOS. The number of thiophene rings is 1. The normalized spacial score (nSPS) is 29.4. The van der Waals surface area contributed by atoms with E-state index in [9.17, 15) is 0 Å². The Kier molecular flexibility index (Phi) is 6.10. The number of aryl methyl sites for hydroxylation is 1. The highest BCUT2D eigenvalue weighted by molar-refractivity contribution is 7.10. The van der Waals surface area contributed by atoms with Crippen molar-refractivity contribution in [3.8, 4) is 0 Å². The molecule has 3 aliphatic carbocycles. The van der Waals surface area contributed by atoms with Gasteiger partial charge in [0.1, 0.15) is 0 Å². The van der Waals surface area contributed by atoms with Crippen molar-refractivity contribution < 1.29 is 4.74 Å². The maximum absolute atomic E-state index is 5.34. The summed E-state index contributed by atoms with van der Waals surface area (Å²) in [6.45, 7) is 13.0. The molecule has 0 aliphatic heterocycles. The molecule has 34 heavy (non-hydrogen) atoms. The first-order valence-corrected chi connectivity index (χ1v) is 13.4. The first kappa shape index (κ1) is 23.2. The van der Waals surface area contributed by atoms with Crippen LogP contribution >= 0.6 is 11.3 Å². The van der Waals surface area contributed by atoms with E-state index < -0.39 is 0 Å². The summed E-state index contributed by atoms with van der Waals surface area (Å²) in [5.41, 5.74) is 7.15. The van der Waals surface area contributed by atoms with Crippen LogP contribution in [0.4, 0.5) is 0 Å². The fourth-order valence-corrected chi connectivity index (χ4v) is 7.13. The van der Waals surface area contributed by atoms with Gasteiger partial charge in [0.05, 0.1) is 12.9 Å². The van der Waals surface area contributed by atoms with Crippen molar-refractivity contribution in [2.75, 3.05) is 7.11 Å². The van der Waals surface area contributed by atoms with Gasteiger partial charge in [-0.05, 0) is 67.6 Å². The van der Waals surface area contributed by atoms with Crippen LogP contribution in [0.15, 0.2) is 72.9 Å². The highest BCUT2D eigenvalue weighted by Gasteiger charge is 2.53. The first-order chi connectivity index (χ1) is 16.3. The van der Waals surface area contributed by atoms with E-state index in [4.69, 9.17) is 4.74 Å². The summed E-state index contributed by atoms with van der Waals surface area (Å²) < 4.78 is 5.34. The Morgan fingerprint density at radius 3 is 2.50 bits per heavy atom. The van der Waals surface area contributed by atoms with Gasteiger partial charge in [0.2, 0.25) is 0 Å². The van der Waals surface area contributed by atoms with Crippen LogP contribution in [0.1, 0.15) is 66.2 Å². The molecule has 2 nitrogen and oxygen atoms in total. The Morgan fingerprint density at radius 1 is 1.12 bits per heavy atom. The van der Waals surface area contributed by atoms with E-state index >= 15 is 0 Å². The van der Waals surface area contributed by atoms with Crippen molar-refractivity contribution in [3.63, 3.8) is 0 Å². The lowest BCUT2D eigenvalue weighted by Crippen LogP contribution is -2.54. The quantitative estimate of drug-likeness (QED) is 0.398. The second-order valence-electron chi connectivity index (χ2n) is 11.0. The Hall–Kier alpha value is -2.52. The molecule has 5 rings (SSSR count). The Balaban J connectivity index is 1.20. The monoisotopic (exact) mass is 471 g/mol. The van der Waals surface area contributed by atoms with Crippen LogP contribution in [-0.4, -0.2) is 13.2 Å². The van der Waals surface area contributed by atoms with E-state index in [-0.39, 0.29) is 5.41 Å². The number of methoxy groups -OCH3 is 1. The van der Waals surface area contributed by atoms with E-state index in [0.717, 1.165) is 24.3 Å². The number of nitrogens with one attached hydrogen (secondary N) is 1. The lowest BCUT2D eigenvalue weighted by molar-refractivity contribution is -0.0468. The predicted molar refractivity (Wildman–Crippen MR) is 145 cm³/mol. The third-order valence-corrected chi connectivity index (χ3v) is 9.44. The van der Waals surface area contributed by atoms with E-state index in [2.05, 4.69) is 86.3 Å². The maximum atomic E-state index is 5.34. The third-order valence-electron chi connectivity index (χ3n) is 8.49. The molecule has 1 atom stereocenters. The van der Waals surface area contributed by atoms with Crippen LogP contribution in [0.3, 0.4) is 0 Å². The SMILES string of the molecule is C=C(NC1CC2(C1)CC(C(=C)OC)C2)c1csc(C)c1Cc1ccc(C2(C)C=CC=CC2)cc1. The van der Waals surface area contributed by atoms with Crippen LogP contribution in [0, 0.1) is 18.3 Å². The molecule has 1 aromatic heterocycles. The van der Waals surface area contributed by atoms with Gasteiger partial charge >= 0.3 is 0 Å². The van der Waals surface area contributed by atoms with Crippen LogP contribution in [0.2, 0.25) is 0 Å². The van der Waals surface area contributed by atoms with Gasteiger partial charge in [-0.1, -0.05) is 68.7 Å². The summed E-state index contributed by atoms with van der Waals surface area (Å²) in [4.78, 5) is 1.39. The van der Waals surface area contributed by atoms with Gasteiger partial charge in [-0.3, -0.25) is 0 Å². The zero-order valence-electron chi connectivity index (χ0n) is 20.8. The zero-order chi connectivity index (χ0) is 23.9. The van der Waals surface area contributed by atoms with Crippen molar-refractivity contribution >= 4 is 17.0 Å². The summed E-state index contributed by atoms with van der Waals surface area (Å²) >= 11 is 1.84. The summed E-state index contributed by atoms with van der Waals surface area (Å²) in [7, 11) is 1.74. The van der Waals surface area contributed by atoms with Crippen molar-refractivity contribution in [3.05, 3.63) is 100.0 Å². The highest BCUT2D eigenvalue weighted by atomic mass is 32.1. The molecule has 0 saturated heterocycles. The van der Waals surface area contributed by atoms with Gasteiger partial charge in [-0.2, -0.15) is 0 Å². The molecule has 0 amide bonds. The fraction of sp³-hybridized carbons (Fsp3) is 0.419. The van der Waals surface area contributed by atoms with Crippen molar-refractivity contribution in [2.24, 2.45) is 11.3 Å². The van der Waals surface area contributed by atoms with Gasteiger partial charge < -0.3 is 10.1 Å². The summed E-state index contributed by atoms with van der Waals surface area (Å²) in [6.07, 6.45) is 15.8. The molecule has 1 aromatic carbocycles. The second kappa shape index (κ2) is 8.92. The lowest BCUT2D eigenvalue weighted by atomic mass is 9.49. The summed E-state index contributed by atoms with van der Waals surface area (Å²) in [6, 6.07) is 9.77. The summed E-state index contributed by atoms with van der Waals surface area (Å²) in [5.74, 6) is 1.51. The largest absolute Gasteiger partial charge is 0.501 e. The van der Waals surface area contributed by atoms with E-state index in [1.165, 1.54) is 52.8 Å². The minimum atomic E-state index is 0.104. The predicted octanol–water partition coefficient (Wildman–Crippen LogP) is 7.70. The van der Waals surface area contributed by atoms with Crippen molar-refractivity contribution in [2.45, 2.75) is 63.8 Å². The number of allylic oxidation sites excluding steroid dienone is 5. The molecule has 1 N–H and O–H groups in total. The Bertz CT molecular complexity index is 1140. The van der Waals surface area contributed by atoms with Gasteiger partial charge in [0.15, 0.2) is 0 Å². The molecule has 0 radical (unpaired) electrons. The van der Waals surface area contributed by atoms with Crippen LogP contribution in [0.25, 0.3) is 5.70 Å². The molecule has 0 bridgehead atoms. The van der Waals surface area contributed by atoms with Gasteiger partial charge in [-0.25, -0.2) is 0 Å². The van der Waals surface area contributed by atoms with Crippen LogP contribution in [-0.2, 0) is 16.6 Å². The number of rotatable bonds is 8. The fourth-order valence-electron chi connectivity index (χ4n) is 6.23. The molecule has 2 aromatic rings. The summed E-state index contributed by atoms with van der Waals surface area (Å²) in [5, 5.41) is 6.04. The van der Waals surface area contributed by atoms with E-state index in [1.807, 2.05) is 11.3 Å². The molecule has 1 unspecified atom stereocenters. The second-order valence-corrected chi connectivity index (χ2v) is 12.1. The maximum Gasteiger partial charge on any atom is 0.0915 e. The van der Waals surface area contributed by atoms with E-state index in [1.54, 1.807) is 7.11 Å². The Morgan fingerprint density at radius 2 is 1.85 bits per heavy atom. The van der Waals surface area contributed by atoms with Gasteiger partial charge in [0, 0.05) is 38.9 Å². The standard InChI is InChI=1S/C31H37NOS/c1-21(32-27-18-31(19-27)16-25(17-31)22(2)33-5)29-20-34-23(3)28(29)15-24-9-11-26(12-10-24)30(4)13-7-6-8-14-30/h6-13,20,25,27,32H,1-2,14-19H2,3-5H3. The number of ether oxygens (including phenoxy) is 1. The van der Waals surface area contributed by atoms with Crippen LogP contribution in [0.5, 0.6) is 0 Å². The molecular weight excluding hydrogens is 434 g/mol. The zero-order valence-corrected chi connectivity index (χ0v) is 21.6. The number of hydrogen-bond donors (Lipinski definition) is 1. The van der Waals surface area contributed by atoms with Crippen LogP contribution < -0.4 is 5.32 Å². The average molecular weight is 472 g/mol. The van der Waals surface area contributed by atoms with E-state index in [0.29, 0.717) is 17.4 Å². The molecule has 1 heterocycles. The van der Waals surface area contributed by atoms with Crippen molar-refractivity contribution in [1.82, 2.24) is 5.32 Å². The minimum absolute atomic E-state index is 0.104. The molecule has 2 fully saturated rings. The topological polar surface area (TPSA) is 21.3 Å². The minimum Gasteiger partial charge on any atom is -0.501 e. The smallest absolute Gasteiger partial charge is 0.0915 e. The van der Waals surface area contributed by atoms with Gasteiger partial charge in [-0.15, -0.1) is 11.3 Å². The number of benzene rings is 1. The average Bonchev–Trinajstić information content (AvgIpc) is 3.15. The first-order valence-electron chi connectivity index (χ1n) is 12.5. The molecule has 3 heteroatoms. The Labute approximate surface area is 209 Å². The molecule has 3 aliphatic rings. The van der Waals surface area contributed by atoms with Crippen molar-refractivity contribution in [1.29, 1.82) is 0 Å². The molecule has 1 spiro atoms. The molecule has 178 valence electrons. The lowest BCUT2D eigenvalue weighted by Gasteiger charge is -2.58. The number of hydrogen-bond acceptors (Lipinski definition) is 3. The third kappa shape index (κ3) is 4.31. The van der Waals surface area contributed by atoms with Gasteiger partial charge in [0.25, 0.3) is 0 Å². The highest BCUT2D eigenvalue weighted by Crippen LogP contribution is 2.60.